The van der Waals surface area contributed by atoms with Crippen molar-refractivity contribution in [2.75, 3.05) is 0 Å². The zero-order valence-corrected chi connectivity index (χ0v) is 40.9. The molecule has 0 saturated heterocycles. The van der Waals surface area contributed by atoms with Crippen LogP contribution in [0.15, 0.2) is 126 Å². The first-order valence-corrected chi connectivity index (χ1v) is 28.2. The molecular formula is C34H28S16. The number of thioether (sulfide) groups is 16. The second-order valence-corrected chi connectivity index (χ2v) is 32.5. The van der Waals surface area contributed by atoms with Crippen LogP contribution in [-0.2, 0) is 0 Å². The Morgan fingerprint density at radius 1 is 0.260 bits per heavy atom. The Hall–Kier alpha value is 2.22. The van der Waals surface area contributed by atoms with Crippen LogP contribution in [-0.4, -0.2) is 0 Å². The molecule has 0 saturated carbocycles. The number of hydrogen-bond acceptors (Lipinski definition) is 16. The van der Waals surface area contributed by atoms with Crippen LogP contribution in [0.1, 0.15) is 55.4 Å². The van der Waals surface area contributed by atoms with Crippen LogP contribution in [0.2, 0.25) is 0 Å². The molecule has 0 unspecified atom stereocenters. The van der Waals surface area contributed by atoms with Crippen molar-refractivity contribution in [2.24, 2.45) is 0 Å². The molecule has 0 radical (unpaired) electrons. The van der Waals surface area contributed by atoms with E-state index in [4.69, 9.17) is 0 Å². The maximum Gasteiger partial charge on any atom is 0.0718 e. The van der Waals surface area contributed by atoms with E-state index >= 15 is 0 Å². The van der Waals surface area contributed by atoms with E-state index in [1.54, 1.807) is 0 Å². The maximum atomic E-state index is 2.44. The highest BCUT2D eigenvalue weighted by Gasteiger charge is 2.37. The molecule has 0 N–H and O–H groups in total. The van der Waals surface area contributed by atoms with Crippen LogP contribution in [0.25, 0.3) is 0 Å². The first-order valence-electron chi connectivity index (χ1n) is 15.1. The number of hydrogen-bond donors (Lipinski definition) is 0. The molecule has 0 aromatic heterocycles. The van der Waals surface area contributed by atoms with Crippen molar-refractivity contribution < 1.29 is 0 Å². The minimum atomic E-state index is 1.35. The quantitative estimate of drug-likeness (QED) is 0.262. The molecule has 0 aliphatic carbocycles. The molecule has 8 heterocycles. The Bertz CT molecular complexity index is 1810. The fourth-order valence-electron chi connectivity index (χ4n) is 4.49. The highest BCUT2D eigenvalue weighted by atomic mass is 32.3. The average molecular weight is 950 g/mol. The van der Waals surface area contributed by atoms with Crippen LogP contribution in [0.5, 0.6) is 0 Å². The first-order chi connectivity index (χ1) is 23.9. The zero-order valence-electron chi connectivity index (χ0n) is 27.8. The molecule has 0 amide bonds. The second kappa shape index (κ2) is 16.6. The largest absolute Gasteiger partial charge is 0.0866 e. The zero-order chi connectivity index (χ0) is 34.8. The molecular weight excluding hydrogens is 921 g/mol. The summed E-state index contributed by atoms with van der Waals surface area (Å²) in [6, 6.07) is 0. The summed E-state index contributed by atoms with van der Waals surface area (Å²) in [5.74, 6) is 0. The summed E-state index contributed by atoms with van der Waals surface area (Å²) in [6.07, 6.45) is 9.73. The second-order valence-electron chi connectivity index (χ2n) is 11.1. The lowest BCUT2D eigenvalue weighted by atomic mass is 10.3. The van der Waals surface area contributed by atoms with Crippen molar-refractivity contribution >= 4 is 188 Å². The topological polar surface area (TPSA) is 0 Å². The summed E-state index contributed by atoms with van der Waals surface area (Å²) < 4.78 is 17.1. The third-order valence-corrected chi connectivity index (χ3v) is 29.4. The van der Waals surface area contributed by atoms with E-state index in [0.29, 0.717) is 0 Å². The normalized spacial score (nSPS) is 23.9. The van der Waals surface area contributed by atoms with Crippen LogP contribution in [0, 0.1) is 0 Å². The van der Waals surface area contributed by atoms with E-state index in [9.17, 15) is 0 Å². The molecule has 0 spiro atoms. The van der Waals surface area contributed by atoms with Crippen molar-refractivity contribution in [1.82, 2.24) is 0 Å². The van der Waals surface area contributed by atoms with Gasteiger partial charge >= 0.3 is 0 Å². The Balaban J connectivity index is 0.931. The highest BCUT2D eigenvalue weighted by Crippen LogP contribution is 2.73. The Morgan fingerprint density at radius 2 is 0.460 bits per heavy atom. The van der Waals surface area contributed by atoms with Crippen LogP contribution in [0.3, 0.4) is 0 Å². The molecule has 8 rings (SSSR count). The smallest absolute Gasteiger partial charge is 0.0718 e. The van der Waals surface area contributed by atoms with E-state index in [1.165, 1.54) is 101 Å². The molecule has 0 fully saturated rings. The summed E-state index contributed by atoms with van der Waals surface area (Å²) in [5, 5.41) is 0. The standard InChI is InChI=1S/C34H28S16/c1-13-14(2)36-23(35-13)9-21(27-39-17(5)18(6)40-27)11-25-43-29-30(44-25)48-33(47-29)34-49-31-32(50-34)46-26(45-31)12-22(28-41-19(7)20(8)42-28)10-24-37-15(3)16(4)38-24/h9-12H,1-8H3. The van der Waals surface area contributed by atoms with E-state index in [1.807, 2.05) is 188 Å². The molecule has 260 valence electrons. The van der Waals surface area contributed by atoms with Gasteiger partial charge in [0.2, 0.25) is 0 Å². The van der Waals surface area contributed by atoms with Gasteiger partial charge < -0.3 is 0 Å². The van der Waals surface area contributed by atoms with Crippen LogP contribution < -0.4 is 0 Å². The lowest BCUT2D eigenvalue weighted by Crippen LogP contribution is -1.80. The van der Waals surface area contributed by atoms with Gasteiger partial charge in [0.15, 0.2) is 0 Å². The SMILES string of the molecule is CC1=C(C)SC(=CC(C=C2SC3=C(S2)SC(=C2SC4=C(SC(=CC(C=C5SC(C)=C(C)S5)=C5SC(C)=C(C)S5)S4)S2)S3)=C2SC(C)=C(C)S2)S1. The van der Waals surface area contributed by atoms with Crippen LogP contribution in [0.4, 0.5) is 0 Å². The summed E-state index contributed by atoms with van der Waals surface area (Å²) >= 11 is 31.2. The Morgan fingerprint density at radius 3 is 0.720 bits per heavy atom. The summed E-state index contributed by atoms with van der Waals surface area (Å²) in [4.78, 5) is 11.4. The molecule has 0 aromatic rings. The molecule has 0 bridgehead atoms. The van der Waals surface area contributed by atoms with Crippen molar-refractivity contribution in [3.8, 4) is 0 Å². The molecule has 50 heavy (non-hydrogen) atoms. The summed E-state index contributed by atoms with van der Waals surface area (Å²) in [5.41, 5.74) is 2.70. The van der Waals surface area contributed by atoms with Gasteiger partial charge in [-0.05, 0) is 130 Å². The summed E-state index contributed by atoms with van der Waals surface area (Å²) in [7, 11) is 0. The molecule has 0 nitrogen and oxygen atoms in total. The van der Waals surface area contributed by atoms with Gasteiger partial charge in [-0.3, -0.25) is 0 Å². The van der Waals surface area contributed by atoms with E-state index in [0.717, 1.165) is 0 Å². The third-order valence-electron chi connectivity index (χ3n) is 7.56. The fraction of sp³-hybridized carbons (Fsp3) is 0.235. The van der Waals surface area contributed by atoms with Gasteiger partial charge in [-0.1, -0.05) is 188 Å². The minimum absolute atomic E-state index is 1.35. The van der Waals surface area contributed by atoms with Gasteiger partial charge in [0.05, 0.1) is 42.4 Å². The fourth-order valence-corrected chi connectivity index (χ4v) is 27.1. The van der Waals surface area contributed by atoms with Crippen molar-refractivity contribution in [1.29, 1.82) is 0 Å². The molecule has 16 heteroatoms. The van der Waals surface area contributed by atoms with Crippen molar-refractivity contribution in [3.05, 3.63) is 126 Å². The average Bonchev–Trinajstić information content (AvgIpc) is 3.91. The Kier molecular flexibility index (Phi) is 13.0. The van der Waals surface area contributed by atoms with Gasteiger partial charge in [-0.25, -0.2) is 0 Å². The highest BCUT2D eigenvalue weighted by molar-refractivity contribution is 8.51. The minimum Gasteiger partial charge on any atom is -0.0866 e. The lowest BCUT2D eigenvalue weighted by Gasteiger charge is -2.09. The third kappa shape index (κ3) is 8.71. The van der Waals surface area contributed by atoms with Gasteiger partial charge in [0, 0.05) is 8.47 Å². The van der Waals surface area contributed by atoms with E-state index in [2.05, 4.69) is 79.7 Å². The summed E-state index contributed by atoms with van der Waals surface area (Å²) in [6.45, 7) is 17.9. The van der Waals surface area contributed by atoms with Gasteiger partial charge in [0.25, 0.3) is 0 Å². The van der Waals surface area contributed by atoms with Crippen LogP contribution >= 0.6 is 188 Å². The van der Waals surface area contributed by atoms with E-state index < -0.39 is 0 Å². The lowest BCUT2D eigenvalue weighted by molar-refractivity contribution is 1.57. The maximum absolute atomic E-state index is 2.44. The number of allylic oxidation sites excluding steroid dienone is 14. The molecule has 8 aliphatic rings. The molecule has 0 atom stereocenters. The van der Waals surface area contributed by atoms with E-state index in [-0.39, 0.29) is 0 Å². The van der Waals surface area contributed by atoms with Gasteiger partial charge in [-0.15, -0.1) is 0 Å². The Labute approximate surface area is 364 Å². The predicted octanol–water partition coefficient (Wildman–Crippen LogP) is 19.0. The first kappa shape index (κ1) is 39.1. The molecule has 8 aliphatic heterocycles. The van der Waals surface area contributed by atoms with Gasteiger partial charge in [-0.2, -0.15) is 0 Å². The monoisotopic (exact) mass is 948 g/mol. The van der Waals surface area contributed by atoms with Crippen molar-refractivity contribution in [3.63, 3.8) is 0 Å². The number of rotatable bonds is 4. The van der Waals surface area contributed by atoms with Gasteiger partial charge in [0.1, 0.15) is 0 Å². The molecule has 0 aromatic carbocycles. The van der Waals surface area contributed by atoms with Crippen molar-refractivity contribution in [2.45, 2.75) is 55.4 Å². The predicted molar refractivity (Wildman–Crippen MR) is 262 cm³/mol.